The maximum atomic E-state index is 5.90. The Morgan fingerprint density at radius 2 is 1.88 bits per heavy atom. The summed E-state index contributed by atoms with van der Waals surface area (Å²) in [6.45, 7) is 1.84. The average Bonchev–Trinajstić information content (AvgIpc) is 2.58. The van der Waals surface area contributed by atoms with Crippen LogP contribution in [0.25, 0.3) is 0 Å². The molecule has 0 unspecified atom stereocenters. The average molecular weight is 441 g/mol. The largest absolute Gasteiger partial charge is 0.493 e. The first-order valence-electron chi connectivity index (χ1n) is 7.60. The molecule has 0 radical (unpaired) electrons. The van der Waals surface area contributed by atoms with E-state index in [-0.39, 0.29) is 24.0 Å². The molecule has 0 saturated carbocycles. The molecule has 0 aliphatic heterocycles. The number of nitrogens with one attached hydrogen (secondary N) is 1. The van der Waals surface area contributed by atoms with E-state index in [1.54, 1.807) is 7.11 Å². The summed E-state index contributed by atoms with van der Waals surface area (Å²) in [7, 11) is 1.69. The summed E-state index contributed by atoms with van der Waals surface area (Å²) in [5.41, 5.74) is 7.87. The van der Waals surface area contributed by atoms with E-state index in [9.17, 15) is 0 Å². The highest BCUT2D eigenvalue weighted by molar-refractivity contribution is 14.0. The lowest BCUT2D eigenvalue weighted by Crippen LogP contribution is -2.22. The van der Waals surface area contributed by atoms with Crippen molar-refractivity contribution in [2.24, 2.45) is 10.7 Å². The Kier molecular flexibility index (Phi) is 9.86. The number of anilines is 1. The number of nitrogens with two attached hydrogens (primary N) is 1. The number of nitrogens with zero attached hydrogens (tertiary/aromatic N) is 1. The van der Waals surface area contributed by atoms with Gasteiger partial charge >= 0.3 is 0 Å². The summed E-state index contributed by atoms with van der Waals surface area (Å²) < 4.78 is 10.7. The Morgan fingerprint density at radius 3 is 2.62 bits per heavy atom. The first-order chi connectivity index (χ1) is 11.3. The Labute approximate surface area is 160 Å². The second kappa shape index (κ2) is 11.7. The lowest BCUT2D eigenvalue weighted by atomic mass is 10.2. The number of para-hydroxylation sites is 1. The van der Waals surface area contributed by atoms with Crippen molar-refractivity contribution in [3.8, 4) is 5.75 Å². The van der Waals surface area contributed by atoms with Crippen LogP contribution in [-0.2, 0) is 11.3 Å². The van der Waals surface area contributed by atoms with Gasteiger partial charge in [-0.2, -0.15) is 0 Å². The Morgan fingerprint density at radius 1 is 1.08 bits per heavy atom. The standard InChI is InChI=1S/C18H23N3O2.HI/c1-22-11-6-12-23-17-10-5-7-15(13-17)14-20-18(19)21-16-8-3-2-4-9-16;/h2-5,7-10,13H,6,11-12,14H2,1H3,(H3,19,20,21);1H. The molecule has 0 spiro atoms. The second-order valence-electron chi connectivity index (χ2n) is 5.03. The zero-order chi connectivity index (χ0) is 16.3. The summed E-state index contributed by atoms with van der Waals surface area (Å²) >= 11 is 0. The van der Waals surface area contributed by atoms with Gasteiger partial charge in [0.15, 0.2) is 5.96 Å². The summed E-state index contributed by atoms with van der Waals surface area (Å²) in [5.74, 6) is 1.23. The molecule has 0 fully saturated rings. The number of guanidine groups is 1. The zero-order valence-electron chi connectivity index (χ0n) is 13.8. The molecular weight excluding hydrogens is 417 g/mol. The third-order valence-electron chi connectivity index (χ3n) is 3.14. The summed E-state index contributed by atoms with van der Waals surface area (Å²) in [6, 6.07) is 17.6. The molecule has 0 aliphatic rings. The van der Waals surface area contributed by atoms with E-state index in [0.29, 0.717) is 25.7 Å². The molecule has 0 aromatic heterocycles. The molecule has 5 nitrogen and oxygen atoms in total. The van der Waals surface area contributed by atoms with Crippen molar-refractivity contribution in [2.45, 2.75) is 13.0 Å². The normalized spacial score (nSPS) is 10.8. The van der Waals surface area contributed by atoms with Crippen molar-refractivity contribution in [3.63, 3.8) is 0 Å². The number of halogens is 1. The molecule has 0 saturated heterocycles. The van der Waals surface area contributed by atoms with Crippen molar-refractivity contribution in [2.75, 3.05) is 25.6 Å². The van der Waals surface area contributed by atoms with Crippen LogP contribution in [0.2, 0.25) is 0 Å². The van der Waals surface area contributed by atoms with E-state index in [2.05, 4.69) is 10.3 Å². The van der Waals surface area contributed by atoms with E-state index in [0.717, 1.165) is 23.4 Å². The van der Waals surface area contributed by atoms with Crippen LogP contribution in [-0.4, -0.2) is 26.3 Å². The number of hydrogen-bond donors (Lipinski definition) is 2. The Balaban J connectivity index is 0.00000288. The van der Waals surface area contributed by atoms with E-state index in [4.69, 9.17) is 15.2 Å². The smallest absolute Gasteiger partial charge is 0.193 e. The molecular formula is C18H24IN3O2. The van der Waals surface area contributed by atoms with Gasteiger partial charge in [0.2, 0.25) is 0 Å². The SMILES string of the molecule is COCCCOc1cccc(CN=C(N)Nc2ccccc2)c1.I. The van der Waals surface area contributed by atoms with E-state index >= 15 is 0 Å². The van der Waals surface area contributed by atoms with E-state index < -0.39 is 0 Å². The topological polar surface area (TPSA) is 68.9 Å². The summed E-state index contributed by atoms with van der Waals surface area (Å²) in [4.78, 5) is 4.35. The van der Waals surface area contributed by atoms with Gasteiger partial charge in [-0.25, -0.2) is 4.99 Å². The fourth-order valence-electron chi connectivity index (χ4n) is 2.01. The van der Waals surface area contributed by atoms with E-state index in [1.807, 2.05) is 54.6 Å². The van der Waals surface area contributed by atoms with Crippen molar-refractivity contribution >= 4 is 35.6 Å². The van der Waals surface area contributed by atoms with Crippen molar-refractivity contribution in [1.82, 2.24) is 0 Å². The highest BCUT2D eigenvalue weighted by atomic mass is 127. The van der Waals surface area contributed by atoms with Gasteiger partial charge in [-0.1, -0.05) is 30.3 Å². The molecule has 0 atom stereocenters. The number of ether oxygens (including phenoxy) is 2. The number of benzene rings is 2. The van der Waals surface area contributed by atoms with Gasteiger partial charge in [0, 0.05) is 25.8 Å². The van der Waals surface area contributed by atoms with Crippen molar-refractivity contribution in [3.05, 3.63) is 60.2 Å². The molecule has 0 heterocycles. The van der Waals surface area contributed by atoms with E-state index in [1.165, 1.54) is 0 Å². The summed E-state index contributed by atoms with van der Waals surface area (Å²) in [6.07, 6.45) is 0.868. The van der Waals surface area contributed by atoms with Crippen LogP contribution in [0.1, 0.15) is 12.0 Å². The highest BCUT2D eigenvalue weighted by Gasteiger charge is 1.98. The third kappa shape index (κ3) is 7.65. The minimum Gasteiger partial charge on any atom is -0.493 e. The molecule has 130 valence electrons. The number of aliphatic imine (C=N–C) groups is 1. The number of rotatable bonds is 8. The minimum absolute atomic E-state index is 0. The van der Waals surface area contributed by atoms with Gasteiger partial charge in [-0.05, 0) is 29.8 Å². The molecule has 2 rings (SSSR count). The number of hydrogen-bond acceptors (Lipinski definition) is 3. The molecule has 0 amide bonds. The van der Waals surface area contributed by atoms with Crippen LogP contribution < -0.4 is 15.8 Å². The third-order valence-corrected chi connectivity index (χ3v) is 3.14. The van der Waals surface area contributed by atoms with Gasteiger partial charge in [-0.15, -0.1) is 24.0 Å². The molecule has 2 aromatic carbocycles. The van der Waals surface area contributed by atoms with Crippen LogP contribution in [0.4, 0.5) is 5.69 Å². The van der Waals surface area contributed by atoms with Gasteiger partial charge in [0.25, 0.3) is 0 Å². The number of methoxy groups -OCH3 is 1. The summed E-state index contributed by atoms with van der Waals surface area (Å²) in [5, 5.41) is 3.06. The fraction of sp³-hybridized carbons (Fsp3) is 0.278. The Hall–Kier alpha value is -1.80. The van der Waals surface area contributed by atoms with Gasteiger partial charge < -0.3 is 20.5 Å². The first kappa shape index (κ1) is 20.2. The monoisotopic (exact) mass is 441 g/mol. The first-order valence-corrected chi connectivity index (χ1v) is 7.60. The molecule has 6 heteroatoms. The van der Waals surface area contributed by atoms with Crippen LogP contribution in [0.5, 0.6) is 5.75 Å². The molecule has 3 N–H and O–H groups in total. The van der Waals surface area contributed by atoms with Crippen molar-refractivity contribution < 1.29 is 9.47 Å². The van der Waals surface area contributed by atoms with Gasteiger partial charge in [0.05, 0.1) is 13.2 Å². The zero-order valence-corrected chi connectivity index (χ0v) is 16.1. The van der Waals surface area contributed by atoms with Crippen LogP contribution in [0.3, 0.4) is 0 Å². The Bertz CT molecular complexity index is 621. The molecule has 0 bridgehead atoms. The minimum atomic E-state index is 0. The fourth-order valence-corrected chi connectivity index (χ4v) is 2.01. The predicted octanol–water partition coefficient (Wildman–Crippen LogP) is 3.65. The lowest BCUT2D eigenvalue weighted by molar-refractivity contribution is 0.172. The predicted molar refractivity (Wildman–Crippen MR) is 109 cm³/mol. The van der Waals surface area contributed by atoms with Gasteiger partial charge in [0.1, 0.15) is 5.75 Å². The highest BCUT2D eigenvalue weighted by Crippen LogP contribution is 2.14. The second-order valence-corrected chi connectivity index (χ2v) is 5.03. The molecule has 0 aliphatic carbocycles. The van der Waals surface area contributed by atoms with Crippen molar-refractivity contribution in [1.29, 1.82) is 0 Å². The molecule has 24 heavy (non-hydrogen) atoms. The maximum absolute atomic E-state index is 5.90. The quantitative estimate of drug-likeness (QED) is 0.284. The maximum Gasteiger partial charge on any atom is 0.193 e. The lowest BCUT2D eigenvalue weighted by Gasteiger charge is -2.08. The molecule has 2 aromatic rings. The van der Waals surface area contributed by atoms with Gasteiger partial charge in [-0.3, -0.25) is 0 Å². The van der Waals surface area contributed by atoms with Crippen LogP contribution in [0, 0.1) is 0 Å². The van der Waals surface area contributed by atoms with Crippen LogP contribution >= 0.6 is 24.0 Å². The van der Waals surface area contributed by atoms with Crippen LogP contribution in [0.15, 0.2) is 59.6 Å².